The highest BCUT2D eigenvalue weighted by Gasteiger charge is 2.10. The minimum Gasteiger partial charge on any atom is -0.481 e. The zero-order valence-electron chi connectivity index (χ0n) is 16.7. The third-order valence-electron chi connectivity index (χ3n) is 5.19. The molecule has 2 aromatic rings. The van der Waals surface area contributed by atoms with E-state index < -0.39 is 5.97 Å². The number of nitrogens with zero attached hydrogens (tertiary/aromatic N) is 1. The fourth-order valence-corrected chi connectivity index (χ4v) is 3.57. The van der Waals surface area contributed by atoms with Gasteiger partial charge in [-0.3, -0.25) is 4.79 Å². The van der Waals surface area contributed by atoms with Gasteiger partial charge in [0.1, 0.15) is 0 Å². The standard InChI is InChI=1S/C23H29N3O3/c27-22(28)12-9-19-5-4-6-21(17-19)25-23(29)24-20-10-7-18(8-11-20)13-16-26-14-2-1-3-15-26/h4-8,10-11,17H,1-3,9,12-16H2,(H,27,28)(H2,24,25,29). The molecule has 1 aliphatic rings. The molecule has 0 unspecified atom stereocenters. The fourth-order valence-electron chi connectivity index (χ4n) is 3.57. The smallest absolute Gasteiger partial charge is 0.323 e. The second kappa shape index (κ2) is 10.6. The van der Waals surface area contributed by atoms with Crippen LogP contribution in [-0.4, -0.2) is 41.6 Å². The number of carbonyl (C=O) groups excluding carboxylic acids is 1. The second-order valence-corrected chi connectivity index (χ2v) is 7.52. The Labute approximate surface area is 171 Å². The molecule has 2 amide bonds. The van der Waals surface area contributed by atoms with E-state index in [1.807, 2.05) is 24.3 Å². The van der Waals surface area contributed by atoms with Gasteiger partial charge < -0.3 is 20.6 Å². The summed E-state index contributed by atoms with van der Waals surface area (Å²) < 4.78 is 0. The van der Waals surface area contributed by atoms with Crippen LogP contribution in [0.3, 0.4) is 0 Å². The maximum atomic E-state index is 12.3. The van der Waals surface area contributed by atoms with Gasteiger partial charge in [-0.25, -0.2) is 4.79 Å². The van der Waals surface area contributed by atoms with E-state index in [1.54, 1.807) is 12.1 Å². The van der Waals surface area contributed by atoms with Gasteiger partial charge in [-0.15, -0.1) is 0 Å². The highest BCUT2D eigenvalue weighted by atomic mass is 16.4. The predicted molar refractivity (Wildman–Crippen MR) is 115 cm³/mol. The largest absolute Gasteiger partial charge is 0.481 e. The molecule has 1 saturated heterocycles. The number of amides is 2. The van der Waals surface area contributed by atoms with Crippen LogP contribution < -0.4 is 10.6 Å². The van der Waals surface area contributed by atoms with Gasteiger partial charge in [-0.1, -0.05) is 30.7 Å². The molecule has 3 N–H and O–H groups in total. The number of aliphatic carboxylic acids is 1. The summed E-state index contributed by atoms with van der Waals surface area (Å²) in [5.41, 5.74) is 3.53. The molecular formula is C23H29N3O3. The molecule has 0 saturated carbocycles. The Morgan fingerprint density at radius 3 is 2.31 bits per heavy atom. The van der Waals surface area contributed by atoms with Gasteiger partial charge in [0.05, 0.1) is 0 Å². The van der Waals surface area contributed by atoms with Crippen molar-refractivity contribution in [2.75, 3.05) is 30.3 Å². The van der Waals surface area contributed by atoms with Crippen molar-refractivity contribution in [2.45, 2.75) is 38.5 Å². The zero-order valence-corrected chi connectivity index (χ0v) is 16.7. The van der Waals surface area contributed by atoms with Crippen LogP contribution in [0.5, 0.6) is 0 Å². The highest BCUT2D eigenvalue weighted by Crippen LogP contribution is 2.15. The Bertz CT molecular complexity index is 814. The molecule has 1 fully saturated rings. The van der Waals surface area contributed by atoms with Crippen molar-refractivity contribution in [3.63, 3.8) is 0 Å². The summed E-state index contributed by atoms with van der Waals surface area (Å²) in [6.07, 6.45) is 5.49. The number of rotatable bonds is 8. The fraction of sp³-hybridized carbons (Fsp3) is 0.391. The van der Waals surface area contributed by atoms with E-state index in [0.717, 1.165) is 24.2 Å². The number of likely N-dealkylation sites (tertiary alicyclic amines) is 1. The van der Waals surface area contributed by atoms with Crippen molar-refractivity contribution < 1.29 is 14.7 Å². The molecule has 0 radical (unpaired) electrons. The highest BCUT2D eigenvalue weighted by molar-refractivity contribution is 5.99. The van der Waals surface area contributed by atoms with Crippen LogP contribution in [-0.2, 0) is 17.6 Å². The number of carboxylic acid groups (broad SMARTS) is 1. The molecule has 3 rings (SSSR count). The normalized spacial score (nSPS) is 14.3. The van der Waals surface area contributed by atoms with Crippen LogP contribution in [0.4, 0.5) is 16.2 Å². The summed E-state index contributed by atoms with van der Waals surface area (Å²) in [5, 5.41) is 14.4. The van der Waals surface area contributed by atoms with E-state index in [2.05, 4.69) is 27.7 Å². The van der Waals surface area contributed by atoms with Crippen molar-refractivity contribution >= 4 is 23.4 Å². The summed E-state index contributed by atoms with van der Waals surface area (Å²) in [6.45, 7) is 3.50. The van der Waals surface area contributed by atoms with Crippen molar-refractivity contribution in [2.24, 2.45) is 0 Å². The third kappa shape index (κ3) is 7.23. The summed E-state index contributed by atoms with van der Waals surface area (Å²) >= 11 is 0. The number of benzene rings is 2. The van der Waals surface area contributed by atoms with Gasteiger partial charge in [0.15, 0.2) is 0 Å². The summed E-state index contributed by atoms with van der Waals surface area (Å²) in [5.74, 6) is -0.833. The molecular weight excluding hydrogens is 366 g/mol. The van der Waals surface area contributed by atoms with E-state index >= 15 is 0 Å². The zero-order chi connectivity index (χ0) is 20.5. The predicted octanol–water partition coefficient (Wildman–Crippen LogP) is 4.38. The molecule has 6 heteroatoms. The molecule has 0 atom stereocenters. The van der Waals surface area contributed by atoms with Gasteiger partial charge in [-0.05, 0) is 74.2 Å². The molecule has 0 spiro atoms. The second-order valence-electron chi connectivity index (χ2n) is 7.52. The Hall–Kier alpha value is -2.86. The SMILES string of the molecule is O=C(O)CCc1cccc(NC(=O)Nc2ccc(CCN3CCCCC3)cc2)c1. The molecule has 0 aliphatic carbocycles. The average molecular weight is 396 g/mol. The van der Waals surface area contributed by atoms with Crippen molar-refractivity contribution in [1.29, 1.82) is 0 Å². The first kappa shape index (κ1) is 20.9. The monoisotopic (exact) mass is 395 g/mol. The summed E-state index contributed by atoms with van der Waals surface area (Å²) in [6, 6.07) is 14.9. The Morgan fingerprint density at radius 2 is 1.59 bits per heavy atom. The van der Waals surface area contributed by atoms with E-state index in [1.165, 1.54) is 37.9 Å². The van der Waals surface area contributed by atoms with E-state index in [9.17, 15) is 9.59 Å². The Kier molecular flexibility index (Phi) is 7.64. The lowest BCUT2D eigenvalue weighted by atomic mass is 10.1. The van der Waals surface area contributed by atoms with Crippen LogP contribution in [0.15, 0.2) is 48.5 Å². The number of carbonyl (C=O) groups is 2. The lowest BCUT2D eigenvalue weighted by Gasteiger charge is -2.26. The third-order valence-corrected chi connectivity index (χ3v) is 5.19. The van der Waals surface area contributed by atoms with Gasteiger partial charge in [0.2, 0.25) is 0 Å². The minimum atomic E-state index is -0.833. The molecule has 154 valence electrons. The number of hydrogen-bond donors (Lipinski definition) is 3. The first-order valence-electron chi connectivity index (χ1n) is 10.3. The van der Waals surface area contributed by atoms with Crippen molar-refractivity contribution in [1.82, 2.24) is 4.90 Å². The number of urea groups is 1. The van der Waals surface area contributed by atoms with E-state index in [4.69, 9.17) is 5.11 Å². The number of anilines is 2. The van der Waals surface area contributed by atoms with Crippen LogP contribution in [0.25, 0.3) is 0 Å². The molecule has 29 heavy (non-hydrogen) atoms. The average Bonchev–Trinajstić information content (AvgIpc) is 2.73. The maximum absolute atomic E-state index is 12.3. The van der Waals surface area contributed by atoms with Gasteiger partial charge in [0, 0.05) is 24.3 Å². The molecule has 1 aliphatic heterocycles. The topological polar surface area (TPSA) is 81.7 Å². The maximum Gasteiger partial charge on any atom is 0.323 e. The number of hydrogen-bond acceptors (Lipinski definition) is 3. The minimum absolute atomic E-state index is 0.0692. The Balaban J connectivity index is 1.46. The first-order chi connectivity index (χ1) is 14.1. The van der Waals surface area contributed by atoms with Crippen LogP contribution in [0.1, 0.15) is 36.8 Å². The molecule has 1 heterocycles. The number of carboxylic acids is 1. The quantitative estimate of drug-likeness (QED) is 0.620. The molecule has 6 nitrogen and oxygen atoms in total. The van der Waals surface area contributed by atoms with Crippen LogP contribution >= 0.6 is 0 Å². The van der Waals surface area contributed by atoms with Gasteiger partial charge in [0.25, 0.3) is 0 Å². The number of aryl methyl sites for hydroxylation is 1. The number of piperidine rings is 1. The number of nitrogens with one attached hydrogen (secondary N) is 2. The van der Waals surface area contributed by atoms with Gasteiger partial charge in [-0.2, -0.15) is 0 Å². The van der Waals surface area contributed by atoms with Crippen LogP contribution in [0, 0.1) is 0 Å². The van der Waals surface area contributed by atoms with Crippen molar-refractivity contribution in [3.05, 3.63) is 59.7 Å². The molecule has 0 bridgehead atoms. The first-order valence-corrected chi connectivity index (χ1v) is 10.3. The van der Waals surface area contributed by atoms with Crippen molar-refractivity contribution in [3.8, 4) is 0 Å². The van der Waals surface area contributed by atoms with E-state index in [0.29, 0.717) is 12.1 Å². The summed E-state index contributed by atoms with van der Waals surface area (Å²) in [7, 11) is 0. The van der Waals surface area contributed by atoms with Crippen LogP contribution in [0.2, 0.25) is 0 Å². The van der Waals surface area contributed by atoms with E-state index in [-0.39, 0.29) is 12.5 Å². The Morgan fingerprint density at radius 1 is 0.862 bits per heavy atom. The summed E-state index contributed by atoms with van der Waals surface area (Å²) in [4.78, 5) is 25.5. The lowest BCUT2D eigenvalue weighted by molar-refractivity contribution is -0.136. The lowest BCUT2D eigenvalue weighted by Crippen LogP contribution is -2.31. The molecule has 0 aromatic heterocycles. The molecule has 2 aromatic carbocycles. The van der Waals surface area contributed by atoms with Gasteiger partial charge >= 0.3 is 12.0 Å².